The first-order valence-corrected chi connectivity index (χ1v) is 36.7. The summed E-state index contributed by atoms with van der Waals surface area (Å²) in [6.45, 7) is 0. The summed E-state index contributed by atoms with van der Waals surface area (Å²) in [5.74, 6) is 0. The number of hydrogen-bond donors (Lipinski definition) is 2. The summed E-state index contributed by atoms with van der Waals surface area (Å²) in [7, 11) is -1.41. The monoisotopic (exact) mass is 1430 g/mol. The van der Waals surface area contributed by atoms with Crippen LogP contribution in [0.2, 0.25) is 10.0 Å². The Morgan fingerprint density at radius 1 is 0.250 bits per heavy atom. The van der Waals surface area contributed by atoms with E-state index in [1.807, 2.05) is 156 Å². The fraction of sp³-hybridized carbons (Fsp3) is 0. The Morgan fingerprint density at radius 3 is 0.933 bits per heavy atom. The van der Waals surface area contributed by atoms with Crippen molar-refractivity contribution in [2.45, 2.75) is 0 Å². The maximum absolute atomic E-state index is 9.31. The number of nitrogens with zero attached hydrogens (tertiary/aromatic N) is 8. The molecule has 11 aromatic heterocycles. The number of aromatic nitrogens is 8. The highest BCUT2D eigenvalue weighted by Gasteiger charge is 2.21. The fourth-order valence-corrected chi connectivity index (χ4v) is 17.5. The van der Waals surface area contributed by atoms with Crippen LogP contribution in [0, 0.1) is 0 Å². The van der Waals surface area contributed by atoms with E-state index in [9.17, 15) is 10.0 Å². The molecule has 16 heteroatoms. The van der Waals surface area contributed by atoms with Crippen molar-refractivity contribution < 1.29 is 10.0 Å². The number of rotatable bonds is 11. The lowest BCUT2D eigenvalue weighted by Crippen LogP contribution is -2.29. The predicted octanol–water partition coefficient (Wildman–Crippen LogP) is 23.0. The molecule has 0 saturated heterocycles. The molecule has 0 fully saturated rings. The van der Waals surface area contributed by atoms with Crippen molar-refractivity contribution in [3.8, 4) is 112 Å². The molecule has 494 valence electrons. The minimum Gasteiger partial charge on any atom is -0.423 e. The number of halogens is 2. The van der Waals surface area contributed by atoms with E-state index < -0.39 is 7.12 Å². The molecular weight excluding hydrogens is 1380 g/mol. The molecule has 11 heterocycles. The number of hydrogen-bond acceptors (Lipinski definition) is 13. The molecule has 0 unspecified atom stereocenters. The van der Waals surface area contributed by atoms with Crippen LogP contribution < -0.4 is 5.46 Å². The molecule has 2 N–H and O–H groups in total. The van der Waals surface area contributed by atoms with E-state index in [4.69, 9.17) is 43.1 Å². The van der Waals surface area contributed by atoms with Crippen molar-refractivity contribution in [1.29, 1.82) is 0 Å². The molecule has 10 nitrogen and oxygen atoms in total. The second-order valence-electron chi connectivity index (χ2n) is 24.7. The van der Waals surface area contributed by atoms with E-state index >= 15 is 0 Å². The quantitative estimate of drug-likeness (QED) is 0.120. The highest BCUT2D eigenvalue weighted by Crippen LogP contribution is 2.46. The summed E-state index contributed by atoms with van der Waals surface area (Å²) in [5, 5.41) is 27.2. The van der Waals surface area contributed by atoms with Gasteiger partial charge in [-0.05, 0) is 185 Å². The Balaban J connectivity index is 0.000000139. The van der Waals surface area contributed by atoms with Crippen LogP contribution in [0.4, 0.5) is 0 Å². The van der Waals surface area contributed by atoms with E-state index in [0.717, 1.165) is 100 Å². The van der Waals surface area contributed by atoms with Crippen LogP contribution in [0.5, 0.6) is 0 Å². The van der Waals surface area contributed by atoms with Crippen molar-refractivity contribution in [1.82, 2.24) is 39.9 Å². The van der Waals surface area contributed by atoms with Crippen molar-refractivity contribution in [3.63, 3.8) is 0 Å². The Hall–Kier alpha value is -11.8. The number of benzene rings is 8. The van der Waals surface area contributed by atoms with Gasteiger partial charge in [-0.15, -0.1) is 34.0 Å². The van der Waals surface area contributed by atoms with Gasteiger partial charge >= 0.3 is 7.12 Å². The zero-order chi connectivity index (χ0) is 70.0. The smallest absolute Gasteiger partial charge is 0.423 e. The molecule has 19 aromatic rings. The van der Waals surface area contributed by atoms with Gasteiger partial charge in [0.25, 0.3) is 0 Å². The molecule has 0 amide bonds. The maximum atomic E-state index is 9.31. The van der Waals surface area contributed by atoms with Crippen LogP contribution in [-0.4, -0.2) is 57.0 Å². The average molecular weight is 1430 g/mol. The molecular formula is C88H55BCl2N8O2S3. The van der Waals surface area contributed by atoms with Gasteiger partial charge in [-0.1, -0.05) is 145 Å². The van der Waals surface area contributed by atoms with Crippen LogP contribution in [0.1, 0.15) is 0 Å². The van der Waals surface area contributed by atoms with Gasteiger partial charge in [0.05, 0.1) is 45.6 Å². The summed E-state index contributed by atoms with van der Waals surface area (Å²) in [6.07, 6.45) is 14.4. The fourth-order valence-electron chi connectivity index (χ4n) is 13.2. The zero-order valence-electron chi connectivity index (χ0n) is 55.1. The van der Waals surface area contributed by atoms with E-state index in [1.54, 1.807) is 60.7 Å². The van der Waals surface area contributed by atoms with E-state index in [2.05, 4.69) is 159 Å². The number of thiophene rings is 3. The minimum absolute atomic E-state index is 0.571. The molecule has 0 aliphatic heterocycles. The Bertz CT molecular complexity index is 6140. The highest BCUT2D eigenvalue weighted by molar-refractivity contribution is 7.27. The third-order valence-electron chi connectivity index (χ3n) is 18.1. The molecule has 0 radical (unpaired) electrons. The second kappa shape index (κ2) is 28.9. The van der Waals surface area contributed by atoms with E-state index in [-0.39, 0.29) is 0 Å². The first-order chi connectivity index (χ1) is 51.2. The van der Waals surface area contributed by atoms with Gasteiger partial charge in [-0.25, -0.2) is 19.9 Å². The molecule has 19 rings (SSSR count). The summed E-state index contributed by atoms with van der Waals surface area (Å²) in [5.41, 5.74) is 19.6. The van der Waals surface area contributed by atoms with E-state index in [1.165, 1.54) is 72.7 Å². The number of fused-ring (bicyclic) bond motifs is 9. The highest BCUT2D eigenvalue weighted by atomic mass is 35.5. The van der Waals surface area contributed by atoms with Gasteiger partial charge in [0, 0.05) is 159 Å². The second-order valence-corrected chi connectivity index (χ2v) is 28.8. The zero-order valence-corrected chi connectivity index (χ0v) is 59.1. The van der Waals surface area contributed by atoms with Crippen molar-refractivity contribution >= 4 is 130 Å². The Morgan fingerprint density at radius 2 is 0.558 bits per heavy atom. The lowest BCUT2D eigenvalue weighted by Gasteiger charge is -2.14. The molecule has 0 spiro atoms. The lowest BCUT2D eigenvalue weighted by molar-refractivity contribution is 0.426. The van der Waals surface area contributed by atoms with Gasteiger partial charge in [0.1, 0.15) is 0 Å². The topological polar surface area (TPSA) is 144 Å². The molecule has 0 bridgehead atoms. The van der Waals surface area contributed by atoms with Crippen molar-refractivity contribution in [3.05, 3.63) is 333 Å². The standard InChI is InChI=1S/C50H30N4S2.C26H16Cl2N4.C12H9BO2S/c1-3-20-47-39(12-1)41-16-5-14-37(49(41)55-47)33-24-34(38-15-6-17-42-40-13-2-4-21-48(40)56-50(38)42)26-35(25-33)43-18-7-19-44(53-43)36-27-45(31-10-8-22-51-29-31)54-46(28-36)32-11-9-23-52-30-32;27-21-10-19(11-22(28)14-21)23-6-1-7-24(31-23)20-12-25(17-4-2-8-29-15-17)32-26(13-20)18-5-3-9-30-16-18;14-13(15)10-6-3-5-9-8-4-1-2-7-11(8)16-12(9)10/h1-30H;1-16H;1-7,14-15H. The molecule has 0 saturated carbocycles. The molecule has 0 atom stereocenters. The average Bonchev–Trinajstić information content (AvgIpc) is 1.55. The molecule has 0 aliphatic carbocycles. The normalized spacial score (nSPS) is 11.3. The largest absolute Gasteiger partial charge is 0.489 e. The van der Waals surface area contributed by atoms with Crippen LogP contribution in [-0.2, 0) is 0 Å². The van der Waals surface area contributed by atoms with Gasteiger partial charge in [-0.3, -0.25) is 19.9 Å². The van der Waals surface area contributed by atoms with Gasteiger partial charge < -0.3 is 10.0 Å². The first kappa shape index (κ1) is 65.5. The first-order valence-electron chi connectivity index (χ1n) is 33.5. The van der Waals surface area contributed by atoms with Crippen molar-refractivity contribution in [2.75, 3.05) is 0 Å². The van der Waals surface area contributed by atoms with Crippen LogP contribution >= 0.6 is 57.2 Å². The molecule has 104 heavy (non-hydrogen) atoms. The molecule has 8 aromatic carbocycles. The van der Waals surface area contributed by atoms with Gasteiger partial charge in [0.2, 0.25) is 0 Å². The summed E-state index contributed by atoms with van der Waals surface area (Å²) >= 11 is 17.7. The summed E-state index contributed by atoms with van der Waals surface area (Å²) < 4.78 is 7.31. The molecule has 0 aliphatic rings. The minimum atomic E-state index is -1.41. The SMILES string of the molecule is Clc1cc(Cl)cc(-c2cccc(-c3cc(-c4cccnc4)nc(-c4cccnc4)c3)n2)c1.OB(O)c1cccc2c1sc1ccccc12.c1cncc(-c2cc(-c3cccc(-c4cc(-c5cccc6c5sc5ccccc56)cc(-c5cccc6c5sc5ccccc56)c4)n3)cc(-c3cccnc3)n2)c1. The lowest BCUT2D eigenvalue weighted by atomic mass is 9.80. The van der Waals surface area contributed by atoms with E-state index in [0.29, 0.717) is 15.5 Å². The Kier molecular flexibility index (Phi) is 18.2. The van der Waals surface area contributed by atoms with Crippen molar-refractivity contribution in [2.24, 2.45) is 0 Å². The van der Waals surface area contributed by atoms with Crippen LogP contribution in [0.15, 0.2) is 323 Å². The third-order valence-corrected chi connectivity index (χ3v) is 22.2. The van der Waals surface area contributed by atoms with Crippen LogP contribution in [0.3, 0.4) is 0 Å². The summed E-state index contributed by atoms with van der Waals surface area (Å²) in [4.78, 5) is 37.4. The van der Waals surface area contributed by atoms with Gasteiger partial charge in [-0.2, -0.15) is 0 Å². The predicted molar refractivity (Wildman–Crippen MR) is 435 cm³/mol. The van der Waals surface area contributed by atoms with Gasteiger partial charge in [0.15, 0.2) is 0 Å². The Labute approximate surface area is 620 Å². The third kappa shape index (κ3) is 13.4. The van der Waals surface area contributed by atoms with Crippen LogP contribution in [0.25, 0.3) is 173 Å². The summed E-state index contributed by atoms with van der Waals surface area (Å²) in [6, 6.07) is 93.2. The number of pyridine rings is 8. The maximum Gasteiger partial charge on any atom is 0.489 e.